The summed E-state index contributed by atoms with van der Waals surface area (Å²) in [5.74, 6) is -0.206. The second kappa shape index (κ2) is 7.18. The van der Waals surface area contributed by atoms with E-state index in [0.717, 1.165) is 25.9 Å². The Morgan fingerprint density at radius 3 is 2.00 bits per heavy atom. The van der Waals surface area contributed by atoms with Crippen molar-refractivity contribution in [2.45, 2.75) is 49.5 Å². The second-order valence-corrected chi connectivity index (χ2v) is 7.43. The van der Waals surface area contributed by atoms with Crippen molar-refractivity contribution >= 4 is 40.7 Å². The number of alkyl halides is 3. The molecule has 1 unspecified atom stereocenters. The largest absolute Gasteiger partial charge is 0.336 e. The van der Waals surface area contributed by atoms with Gasteiger partial charge in [-0.2, -0.15) is 0 Å². The molecule has 1 aliphatic rings. The van der Waals surface area contributed by atoms with Gasteiger partial charge in [0, 0.05) is 19.0 Å². The van der Waals surface area contributed by atoms with E-state index in [-0.39, 0.29) is 11.8 Å². The number of nitrogens with one attached hydrogen (secondary N) is 1. The summed E-state index contributed by atoms with van der Waals surface area (Å²) < 4.78 is -1.51. The maximum Gasteiger partial charge on any atom is 0.223 e. The lowest BCUT2D eigenvalue weighted by Crippen LogP contribution is -2.56. The van der Waals surface area contributed by atoms with Crippen LogP contribution < -0.4 is 5.32 Å². The molecule has 18 heavy (non-hydrogen) atoms. The first-order valence-corrected chi connectivity index (χ1v) is 7.57. The van der Waals surface area contributed by atoms with Crippen LogP contribution in [-0.4, -0.2) is 33.9 Å². The van der Waals surface area contributed by atoms with E-state index in [9.17, 15) is 4.79 Å². The molecule has 0 aliphatic carbocycles. The molecular formula is C12H21Cl3N2O. The van der Waals surface area contributed by atoms with Crippen molar-refractivity contribution in [1.82, 2.24) is 10.2 Å². The fourth-order valence-electron chi connectivity index (χ4n) is 2.03. The lowest BCUT2D eigenvalue weighted by Gasteiger charge is -2.36. The molecule has 1 fully saturated rings. The molecule has 0 aromatic carbocycles. The second-order valence-electron chi connectivity index (χ2n) is 5.06. The monoisotopic (exact) mass is 314 g/mol. The van der Waals surface area contributed by atoms with Gasteiger partial charge in [0.15, 0.2) is 0 Å². The van der Waals surface area contributed by atoms with Gasteiger partial charge in [-0.05, 0) is 12.8 Å². The highest BCUT2D eigenvalue weighted by molar-refractivity contribution is 6.68. The Labute approximate surface area is 124 Å². The normalized spacial score (nSPS) is 20.6. The zero-order chi connectivity index (χ0) is 13.8. The third-order valence-corrected chi connectivity index (χ3v) is 3.74. The number of nitrogens with zero attached hydrogens (tertiary/aromatic N) is 1. The summed E-state index contributed by atoms with van der Waals surface area (Å²) in [4.78, 5) is 13.9. The maximum absolute atomic E-state index is 11.8. The van der Waals surface area contributed by atoms with Crippen molar-refractivity contribution in [2.24, 2.45) is 5.92 Å². The van der Waals surface area contributed by atoms with Gasteiger partial charge in [-0.15, -0.1) is 0 Å². The number of halogens is 3. The summed E-state index contributed by atoms with van der Waals surface area (Å²) in [7, 11) is 0. The van der Waals surface area contributed by atoms with Crippen LogP contribution in [0.4, 0.5) is 0 Å². The molecule has 0 radical (unpaired) electrons. The predicted molar refractivity (Wildman–Crippen MR) is 77.1 cm³/mol. The number of carbonyl (C=O) groups is 1. The van der Waals surface area contributed by atoms with Gasteiger partial charge in [-0.25, -0.2) is 0 Å². The lowest BCUT2D eigenvalue weighted by atomic mass is 10.2. The summed E-state index contributed by atoms with van der Waals surface area (Å²) in [6.45, 7) is 5.37. The fraction of sp³-hybridized carbons (Fsp3) is 0.917. The zero-order valence-corrected chi connectivity index (χ0v) is 13.2. The van der Waals surface area contributed by atoms with Crippen molar-refractivity contribution in [3.8, 4) is 0 Å². The van der Waals surface area contributed by atoms with Crippen LogP contribution >= 0.6 is 34.8 Å². The van der Waals surface area contributed by atoms with Crippen LogP contribution in [0.5, 0.6) is 0 Å². The summed E-state index contributed by atoms with van der Waals surface area (Å²) in [6, 6.07) is 0. The van der Waals surface area contributed by atoms with Gasteiger partial charge in [0.2, 0.25) is 9.70 Å². The maximum atomic E-state index is 11.8. The van der Waals surface area contributed by atoms with Crippen LogP contribution in [0, 0.1) is 5.92 Å². The van der Waals surface area contributed by atoms with Gasteiger partial charge in [0.1, 0.15) is 6.17 Å². The Kier molecular flexibility index (Phi) is 6.52. The standard InChI is InChI=1S/C12H21Cl3N2O/c1-9(2)10(18)16-11(12(13,14)15)17-7-5-3-4-6-8-17/h9,11H,3-8H2,1-2H3,(H,16,18). The van der Waals surface area contributed by atoms with E-state index in [0.29, 0.717) is 0 Å². The van der Waals surface area contributed by atoms with Crippen molar-refractivity contribution in [3.05, 3.63) is 0 Å². The Balaban J connectivity index is 2.74. The van der Waals surface area contributed by atoms with E-state index < -0.39 is 9.96 Å². The van der Waals surface area contributed by atoms with Crippen LogP contribution in [-0.2, 0) is 4.79 Å². The number of hydrogen-bond acceptors (Lipinski definition) is 2. The van der Waals surface area contributed by atoms with Gasteiger partial charge in [0.25, 0.3) is 0 Å². The van der Waals surface area contributed by atoms with Gasteiger partial charge >= 0.3 is 0 Å². The van der Waals surface area contributed by atoms with Crippen LogP contribution in [0.15, 0.2) is 0 Å². The molecule has 3 nitrogen and oxygen atoms in total. The topological polar surface area (TPSA) is 32.3 Å². The highest BCUT2D eigenvalue weighted by atomic mass is 35.6. The first-order chi connectivity index (χ1) is 8.32. The molecule has 1 heterocycles. The number of likely N-dealkylation sites (tertiary alicyclic amines) is 1. The minimum absolute atomic E-state index is 0.0874. The Morgan fingerprint density at radius 2 is 1.61 bits per heavy atom. The average Bonchev–Trinajstić information content (AvgIpc) is 2.51. The fourth-order valence-corrected chi connectivity index (χ4v) is 2.61. The first kappa shape index (κ1) is 16.4. The molecule has 0 spiro atoms. The Bertz CT molecular complexity index is 271. The molecule has 0 bridgehead atoms. The molecule has 1 aliphatic heterocycles. The van der Waals surface area contributed by atoms with E-state index in [1.54, 1.807) is 0 Å². The summed E-state index contributed by atoms with van der Waals surface area (Å²) >= 11 is 18.0. The van der Waals surface area contributed by atoms with Crippen LogP contribution in [0.2, 0.25) is 0 Å². The predicted octanol–water partition coefficient (Wildman–Crippen LogP) is 3.33. The Hall–Kier alpha value is 0.300. The molecule has 0 aromatic heterocycles. The van der Waals surface area contributed by atoms with Crippen molar-refractivity contribution < 1.29 is 4.79 Å². The van der Waals surface area contributed by atoms with Gasteiger partial charge in [0.05, 0.1) is 0 Å². The highest BCUT2D eigenvalue weighted by Crippen LogP contribution is 2.33. The Morgan fingerprint density at radius 1 is 1.11 bits per heavy atom. The minimum atomic E-state index is -1.51. The van der Waals surface area contributed by atoms with Gasteiger partial charge < -0.3 is 5.32 Å². The molecule has 1 rings (SSSR count). The quantitative estimate of drug-likeness (QED) is 0.810. The molecule has 1 atom stereocenters. The van der Waals surface area contributed by atoms with E-state index >= 15 is 0 Å². The van der Waals surface area contributed by atoms with Crippen molar-refractivity contribution in [2.75, 3.05) is 13.1 Å². The van der Waals surface area contributed by atoms with Crippen LogP contribution in [0.3, 0.4) is 0 Å². The SMILES string of the molecule is CC(C)C(=O)NC(N1CCCCCC1)C(Cl)(Cl)Cl. The third-order valence-electron chi connectivity index (χ3n) is 3.12. The molecular weight excluding hydrogens is 295 g/mol. The van der Waals surface area contributed by atoms with Crippen molar-refractivity contribution in [1.29, 1.82) is 0 Å². The minimum Gasteiger partial charge on any atom is -0.336 e. The van der Waals surface area contributed by atoms with Gasteiger partial charge in [-0.1, -0.05) is 61.5 Å². The van der Waals surface area contributed by atoms with Gasteiger partial charge in [-0.3, -0.25) is 9.69 Å². The zero-order valence-electron chi connectivity index (χ0n) is 10.9. The van der Waals surface area contributed by atoms with E-state index in [1.165, 1.54) is 12.8 Å². The molecule has 0 saturated carbocycles. The molecule has 1 amide bonds. The molecule has 1 saturated heterocycles. The smallest absolute Gasteiger partial charge is 0.223 e. The van der Waals surface area contributed by atoms with Crippen LogP contribution in [0.25, 0.3) is 0 Å². The molecule has 0 aromatic rings. The highest BCUT2D eigenvalue weighted by Gasteiger charge is 2.38. The van der Waals surface area contributed by atoms with Crippen molar-refractivity contribution in [3.63, 3.8) is 0 Å². The number of amides is 1. The number of rotatable bonds is 3. The van der Waals surface area contributed by atoms with E-state index in [2.05, 4.69) is 10.2 Å². The third kappa shape index (κ3) is 5.12. The molecule has 106 valence electrons. The number of carbonyl (C=O) groups excluding carboxylic acids is 1. The lowest BCUT2D eigenvalue weighted by molar-refractivity contribution is -0.126. The first-order valence-electron chi connectivity index (χ1n) is 6.43. The average molecular weight is 316 g/mol. The summed E-state index contributed by atoms with van der Waals surface area (Å²) in [6.07, 6.45) is 4.00. The molecule has 6 heteroatoms. The number of hydrogen-bond donors (Lipinski definition) is 1. The van der Waals surface area contributed by atoms with E-state index in [4.69, 9.17) is 34.8 Å². The van der Waals surface area contributed by atoms with E-state index in [1.807, 2.05) is 13.8 Å². The van der Waals surface area contributed by atoms with Crippen LogP contribution in [0.1, 0.15) is 39.5 Å². The molecule has 1 N–H and O–H groups in total. The summed E-state index contributed by atoms with van der Waals surface area (Å²) in [5, 5.41) is 2.85. The summed E-state index contributed by atoms with van der Waals surface area (Å²) in [5.41, 5.74) is 0.